The molecule has 0 radical (unpaired) electrons. The number of hydrogen-bond acceptors (Lipinski definition) is 2. The molecule has 18 heavy (non-hydrogen) atoms. The molecule has 2 aromatic rings. The van der Waals surface area contributed by atoms with E-state index in [1.807, 2.05) is 28.9 Å². The third-order valence-corrected chi connectivity index (χ3v) is 2.96. The standard InChI is InChI=1S/C15H17N3/c1-11(2)15-12(3)9-18(17-15)10-14-6-4-13(8-16)5-7-14/h4-7,9,11H,10H2,1-3H3. The predicted molar refractivity (Wildman–Crippen MR) is 71.3 cm³/mol. The number of aromatic nitrogens is 2. The second-order valence-electron chi connectivity index (χ2n) is 4.86. The lowest BCUT2D eigenvalue weighted by Gasteiger charge is -2.03. The van der Waals surface area contributed by atoms with Gasteiger partial charge in [-0.2, -0.15) is 10.4 Å². The lowest BCUT2D eigenvalue weighted by molar-refractivity contribution is 0.657. The fraction of sp³-hybridized carbons (Fsp3) is 0.333. The van der Waals surface area contributed by atoms with Gasteiger partial charge in [-0.25, -0.2) is 0 Å². The molecule has 0 aliphatic carbocycles. The molecule has 0 spiro atoms. The molecule has 0 atom stereocenters. The van der Waals surface area contributed by atoms with Gasteiger partial charge in [-0.3, -0.25) is 4.68 Å². The molecule has 0 saturated heterocycles. The van der Waals surface area contributed by atoms with Gasteiger partial charge in [0.05, 0.1) is 23.9 Å². The first-order chi connectivity index (χ1) is 8.60. The molecule has 0 unspecified atom stereocenters. The lowest BCUT2D eigenvalue weighted by Crippen LogP contribution is -2.01. The Balaban J connectivity index is 2.18. The van der Waals surface area contributed by atoms with E-state index in [1.54, 1.807) is 0 Å². The second-order valence-corrected chi connectivity index (χ2v) is 4.86. The second kappa shape index (κ2) is 5.05. The van der Waals surface area contributed by atoms with Gasteiger partial charge in [0.1, 0.15) is 0 Å². The molecule has 0 bridgehead atoms. The molecule has 0 amide bonds. The van der Waals surface area contributed by atoms with E-state index in [4.69, 9.17) is 5.26 Å². The molecule has 0 aliphatic rings. The number of nitriles is 1. The molecule has 1 aromatic heterocycles. The van der Waals surface area contributed by atoms with Crippen molar-refractivity contribution in [2.45, 2.75) is 33.2 Å². The highest BCUT2D eigenvalue weighted by Crippen LogP contribution is 2.17. The van der Waals surface area contributed by atoms with Gasteiger partial charge in [0.15, 0.2) is 0 Å². The Hall–Kier alpha value is -2.08. The fourth-order valence-electron chi connectivity index (χ4n) is 2.06. The molecule has 0 N–H and O–H groups in total. The molecular formula is C15H17N3. The van der Waals surface area contributed by atoms with Crippen molar-refractivity contribution >= 4 is 0 Å². The van der Waals surface area contributed by atoms with E-state index in [0.29, 0.717) is 11.5 Å². The van der Waals surface area contributed by atoms with Gasteiger partial charge in [-0.05, 0) is 36.1 Å². The first-order valence-corrected chi connectivity index (χ1v) is 6.13. The summed E-state index contributed by atoms with van der Waals surface area (Å²) in [7, 11) is 0. The zero-order valence-corrected chi connectivity index (χ0v) is 11.0. The van der Waals surface area contributed by atoms with Gasteiger partial charge in [0, 0.05) is 6.20 Å². The van der Waals surface area contributed by atoms with Crippen molar-refractivity contribution in [2.24, 2.45) is 0 Å². The summed E-state index contributed by atoms with van der Waals surface area (Å²) in [6.07, 6.45) is 2.08. The molecular weight excluding hydrogens is 222 g/mol. The van der Waals surface area contributed by atoms with Gasteiger partial charge in [0.2, 0.25) is 0 Å². The van der Waals surface area contributed by atoms with Crippen molar-refractivity contribution in [3.8, 4) is 6.07 Å². The highest BCUT2D eigenvalue weighted by atomic mass is 15.3. The predicted octanol–water partition coefficient (Wildman–Crippen LogP) is 3.23. The third kappa shape index (κ3) is 2.60. The molecule has 0 saturated carbocycles. The van der Waals surface area contributed by atoms with Crippen LogP contribution in [-0.2, 0) is 6.54 Å². The van der Waals surface area contributed by atoms with E-state index < -0.39 is 0 Å². The molecule has 1 aromatic carbocycles. The Labute approximate surface area is 108 Å². The van der Waals surface area contributed by atoms with E-state index in [2.05, 4.69) is 38.1 Å². The van der Waals surface area contributed by atoms with Crippen LogP contribution in [0.5, 0.6) is 0 Å². The maximum Gasteiger partial charge on any atom is 0.0991 e. The Morgan fingerprint density at radius 1 is 1.28 bits per heavy atom. The molecule has 3 heteroatoms. The molecule has 92 valence electrons. The summed E-state index contributed by atoms with van der Waals surface area (Å²) in [6.45, 7) is 7.15. The van der Waals surface area contributed by atoms with E-state index >= 15 is 0 Å². The molecule has 0 aliphatic heterocycles. The van der Waals surface area contributed by atoms with E-state index in [-0.39, 0.29) is 0 Å². The van der Waals surface area contributed by atoms with Crippen LogP contribution in [0.3, 0.4) is 0 Å². The van der Waals surface area contributed by atoms with Crippen LogP contribution in [0.4, 0.5) is 0 Å². The van der Waals surface area contributed by atoms with Gasteiger partial charge < -0.3 is 0 Å². The van der Waals surface area contributed by atoms with Crippen LogP contribution < -0.4 is 0 Å². The van der Waals surface area contributed by atoms with Crippen LogP contribution in [0.2, 0.25) is 0 Å². The van der Waals surface area contributed by atoms with Crippen LogP contribution in [0.25, 0.3) is 0 Å². The van der Waals surface area contributed by atoms with Crippen molar-refractivity contribution in [3.63, 3.8) is 0 Å². The average Bonchev–Trinajstić information content (AvgIpc) is 2.71. The van der Waals surface area contributed by atoms with Crippen LogP contribution >= 0.6 is 0 Å². The molecule has 1 heterocycles. The minimum Gasteiger partial charge on any atom is -0.268 e. The zero-order valence-electron chi connectivity index (χ0n) is 11.0. The number of rotatable bonds is 3. The summed E-state index contributed by atoms with van der Waals surface area (Å²) in [4.78, 5) is 0. The van der Waals surface area contributed by atoms with Gasteiger partial charge in [-0.1, -0.05) is 26.0 Å². The Bertz CT molecular complexity index is 571. The quantitative estimate of drug-likeness (QED) is 0.825. The van der Waals surface area contributed by atoms with Crippen molar-refractivity contribution in [1.29, 1.82) is 5.26 Å². The van der Waals surface area contributed by atoms with Crippen LogP contribution in [0.15, 0.2) is 30.5 Å². The minimum absolute atomic E-state index is 0.451. The largest absolute Gasteiger partial charge is 0.268 e. The fourth-order valence-corrected chi connectivity index (χ4v) is 2.06. The summed E-state index contributed by atoms with van der Waals surface area (Å²) < 4.78 is 1.96. The van der Waals surface area contributed by atoms with Crippen molar-refractivity contribution in [2.75, 3.05) is 0 Å². The Morgan fingerprint density at radius 3 is 2.44 bits per heavy atom. The third-order valence-electron chi connectivity index (χ3n) is 2.96. The smallest absolute Gasteiger partial charge is 0.0991 e. The van der Waals surface area contributed by atoms with E-state index in [1.165, 1.54) is 5.56 Å². The summed E-state index contributed by atoms with van der Waals surface area (Å²) >= 11 is 0. The van der Waals surface area contributed by atoms with E-state index in [9.17, 15) is 0 Å². The van der Waals surface area contributed by atoms with Gasteiger partial charge in [0.25, 0.3) is 0 Å². The Morgan fingerprint density at radius 2 is 1.94 bits per heavy atom. The first kappa shape index (κ1) is 12.4. The van der Waals surface area contributed by atoms with Crippen molar-refractivity contribution in [1.82, 2.24) is 9.78 Å². The topological polar surface area (TPSA) is 41.6 Å². The summed E-state index contributed by atoms with van der Waals surface area (Å²) in [5.74, 6) is 0.451. The zero-order chi connectivity index (χ0) is 13.1. The SMILES string of the molecule is Cc1cn(Cc2ccc(C#N)cc2)nc1C(C)C. The van der Waals surface area contributed by atoms with E-state index in [0.717, 1.165) is 17.8 Å². The van der Waals surface area contributed by atoms with Crippen LogP contribution in [0, 0.1) is 18.3 Å². The highest BCUT2D eigenvalue weighted by molar-refractivity contribution is 5.31. The number of aryl methyl sites for hydroxylation is 1. The minimum atomic E-state index is 0.451. The Kier molecular flexibility index (Phi) is 3.47. The van der Waals surface area contributed by atoms with Gasteiger partial charge in [-0.15, -0.1) is 0 Å². The number of benzene rings is 1. The normalized spacial score (nSPS) is 10.6. The maximum absolute atomic E-state index is 8.75. The lowest BCUT2D eigenvalue weighted by atomic mass is 10.1. The van der Waals surface area contributed by atoms with Crippen molar-refractivity contribution < 1.29 is 0 Å². The molecule has 3 nitrogen and oxygen atoms in total. The van der Waals surface area contributed by atoms with Crippen molar-refractivity contribution in [3.05, 3.63) is 52.8 Å². The number of nitrogens with zero attached hydrogens (tertiary/aromatic N) is 3. The van der Waals surface area contributed by atoms with Crippen LogP contribution in [-0.4, -0.2) is 9.78 Å². The first-order valence-electron chi connectivity index (χ1n) is 6.13. The monoisotopic (exact) mass is 239 g/mol. The summed E-state index contributed by atoms with van der Waals surface area (Å²) in [5.41, 5.74) is 4.24. The molecule has 0 fully saturated rings. The number of hydrogen-bond donors (Lipinski definition) is 0. The maximum atomic E-state index is 8.75. The average molecular weight is 239 g/mol. The van der Waals surface area contributed by atoms with Crippen LogP contribution in [0.1, 0.15) is 42.1 Å². The molecule has 2 rings (SSSR count). The summed E-state index contributed by atoms with van der Waals surface area (Å²) in [6, 6.07) is 9.76. The summed E-state index contributed by atoms with van der Waals surface area (Å²) in [5, 5.41) is 13.4. The highest BCUT2D eigenvalue weighted by Gasteiger charge is 2.08. The van der Waals surface area contributed by atoms with Gasteiger partial charge >= 0.3 is 0 Å².